The van der Waals surface area contributed by atoms with Gasteiger partial charge in [-0.2, -0.15) is 4.98 Å². The first-order valence-corrected chi connectivity index (χ1v) is 8.72. The molecular weight excluding hydrogens is 336 g/mol. The van der Waals surface area contributed by atoms with E-state index >= 15 is 0 Å². The fraction of sp³-hybridized carbons (Fsp3) is 0.278. The molecule has 1 aromatic carbocycles. The molecular formula is C18H19ClN6. The highest BCUT2D eigenvalue weighted by Crippen LogP contribution is 2.26. The van der Waals surface area contributed by atoms with Crippen LogP contribution in [0.25, 0.3) is 5.69 Å². The smallest absolute Gasteiger partial charge is 0.246 e. The van der Waals surface area contributed by atoms with Crippen molar-refractivity contribution < 1.29 is 0 Å². The molecule has 1 aliphatic rings. The summed E-state index contributed by atoms with van der Waals surface area (Å²) in [5, 5.41) is 8.19. The fourth-order valence-corrected chi connectivity index (χ4v) is 3.27. The molecule has 0 aliphatic carbocycles. The summed E-state index contributed by atoms with van der Waals surface area (Å²) in [5.41, 5.74) is 4.28. The molecule has 25 heavy (non-hydrogen) atoms. The summed E-state index contributed by atoms with van der Waals surface area (Å²) in [6, 6.07) is 10.1. The number of halogens is 1. The lowest BCUT2D eigenvalue weighted by molar-refractivity contribution is 0.879. The highest BCUT2D eigenvalue weighted by molar-refractivity contribution is 6.29. The highest BCUT2D eigenvalue weighted by atomic mass is 35.5. The third-order valence-electron chi connectivity index (χ3n) is 4.26. The first kappa shape index (κ1) is 15.9. The zero-order valence-electron chi connectivity index (χ0n) is 14.0. The molecule has 0 saturated carbocycles. The largest absolute Gasteiger partial charge is 0.371 e. The minimum Gasteiger partial charge on any atom is -0.371 e. The van der Waals surface area contributed by atoms with E-state index in [1.165, 1.54) is 24.1 Å². The van der Waals surface area contributed by atoms with Gasteiger partial charge in [-0.1, -0.05) is 11.6 Å². The molecule has 2 aromatic heterocycles. The van der Waals surface area contributed by atoms with Crippen LogP contribution in [0.2, 0.25) is 5.15 Å². The molecule has 3 aromatic rings. The van der Waals surface area contributed by atoms with Crippen LogP contribution in [0.1, 0.15) is 18.4 Å². The van der Waals surface area contributed by atoms with Crippen LogP contribution >= 0.6 is 11.6 Å². The Balaban J connectivity index is 1.56. The molecule has 1 N–H and O–H groups in total. The molecule has 0 amide bonds. The Morgan fingerprint density at radius 1 is 1.04 bits per heavy atom. The van der Waals surface area contributed by atoms with Crippen LogP contribution < -0.4 is 10.2 Å². The van der Waals surface area contributed by atoms with Gasteiger partial charge < -0.3 is 10.2 Å². The van der Waals surface area contributed by atoms with Crippen LogP contribution in [0.5, 0.6) is 0 Å². The van der Waals surface area contributed by atoms with Crippen LogP contribution in [0.4, 0.5) is 17.3 Å². The lowest BCUT2D eigenvalue weighted by Gasteiger charge is -2.19. The third kappa shape index (κ3) is 3.58. The lowest BCUT2D eigenvalue weighted by Crippen LogP contribution is -2.17. The SMILES string of the molecule is Cc1cc(Nc2ncn(-c3ccnc(Cl)c3)n2)cc(N2CCCC2)c1. The number of pyridine rings is 1. The fourth-order valence-electron chi connectivity index (χ4n) is 3.10. The average molecular weight is 355 g/mol. The zero-order chi connectivity index (χ0) is 17.2. The van der Waals surface area contributed by atoms with E-state index in [2.05, 4.69) is 50.4 Å². The van der Waals surface area contributed by atoms with Crippen molar-refractivity contribution >= 4 is 28.9 Å². The summed E-state index contributed by atoms with van der Waals surface area (Å²) in [4.78, 5) is 10.7. The normalized spacial score (nSPS) is 14.1. The zero-order valence-corrected chi connectivity index (χ0v) is 14.7. The Labute approximate surface area is 151 Å². The van der Waals surface area contributed by atoms with Gasteiger partial charge in [0.1, 0.15) is 11.5 Å². The summed E-state index contributed by atoms with van der Waals surface area (Å²) in [6.45, 7) is 4.35. The molecule has 0 atom stereocenters. The topological polar surface area (TPSA) is 58.9 Å². The molecule has 6 nitrogen and oxygen atoms in total. The van der Waals surface area contributed by atoms with E-state index in [0.717, 1.165) is 24.5 Å². The van der Waals surface area contributed by atoms with Gasteiger partial charge in [-0.3, -0.25) is 0 Å². The molecule has 128 valence electrons. The Morgan fingerprint density at radius 2 is 1.88 bits per heavy atom. The molecule has 0 spiro atoms. The average Bonchev–Trinajstić information content (AvgIpc) is 3.26. The van der Waals surface area contributed by atoms with Gasteiger partial charge in [0.15, 0.2) is 0 Å². The maximum Gasteiger partial charge on any atom is 0.246 e. The Kier molecular flexibility index (Phi) is 4.28. The highest BCUT2D eigenvalue weighted by Gasteiger charge is 2.13. The van der Waals surface area contributed by atoms with Gasteiger partial charge in [0, 0.05) is 36.7 Å². The van der Waals surface area contributed by atoms with Gasteiger partial charge in [-0.25, -0.2) is 9.67 Å². The lowest BCUT2D eigenvalue weighted by atomic mass is 10.2. The number of hydrogen-bond acceptors (Lipinski definition) is 5. The second-order valence-electron chi connectivity index (χ2n) is 6.23. The van der Waals surface area contributed by atoms with Gasteiger partial charge in [0.2, 0.25) is 5.95 Å². The van der Waals surface area contributed by atoms with Crippen molar-refractivity contribution in [3.8, 4) is 5.69 Å². The number of nitrogens with one attached hydrogen (secondary N) is 1. The van der Waals surface area contributed by atoms with E-state index in [0.29, 0.717) is 11.1 Å². The standard InChI is InChI=1S/C18H19ClN6/c1-13-8-14(10-16(9-13)24-6-2-3-7-24)22-18-21-12-25(23-18)15-4-5-20-17(19)11-15/h4-5,8-12H,2-3,6-7H2,1H3,(H,22,23). The molecule has 4 rings (SSSR count). The van der Waals surface area contributed by atoms with E-state index < -0.39 is 0 Å². The van der Waals surface area contributed by atoms with Crippen molar-refractivity contribution in [1.82, 2.24) is 19.7 Å². The van der Waals surface area contributed by atoms with Gasteiger partial charge in [-0.15, -0.1) is 5.10 Å². The van der Waals surface area contributed by atoms with Crippen molar-refractivity contribution in [2.24, 2.45) is 0 Å². The molecule has 7 heteroatoms. The van der Waals surface area contributed by atoms with Crippen LogP contribution in [0, 0.1) is 6.92 Å². The van der Waals surface area contributed by atoms with Gasteiger partial charge >= 0.3 is 0 Å². The summed E-state index contributed by atoms with van der Waals surface area (Å²) >= 11 is 5.94. The van der Waals surface area contributed by atoms with Gasteiger partial charge in [0.25, 0.3) is 0 Å². The molecule has 1 aliphatic heterocycles. The summed E-state index contributed by atoms with van der Waals surface area (Å²) in [6.07, 6.45) is 5.83. The summed E-state index contributed by atoms with van der Waals surface area (Å²) in [7, 11) is 0. The summed E-state index contributed by atoms with van der Waals surface area (Å²) in [5.74, 6) is 0.547. The van der Waals surface area contributed by atoms with Crippen molar-refractivity contribution in [3.63, 3.8) is 0 Å². The van der Waals surface area contributed by atoms with Crippen molar-refractivity contribution in [1.29, 1.82) is 0 Å². The number of aryl methyl sites for hydroxylation is 1. The number of rotatable bonds is 4. The van der Waals surface area contributed by atoms with Gasteiger partial charge in [0.05, 0.1) is 5.69 Å². The number of hydrogen-bond donors (Lipinski definition) is 1. The predicted molar refractivity (Wildman–Crippen MR) is 100 cm³/mol. The first-order chi connectivity index (χ1) is 12.2. The van der Waals surface area contributed by atoms with Crippen LogP contribution in [0.15, 0.2) is 42.9 Å². The Morgan fingerprint density at radius 3 is 2.68 bits per heavy atom. The van der Waals surface area contributed by atoms with E-state index in [1.807, 2.05) is 6.07 Å². The maximum atomic E-state index is 5.94. The van der Waals surface area contributed by atoms with Crippen LogP contribution in [-0.4, -0.2) is 32.8 Å². The maximum absolute atomic E-state index is 5.94. The molecule has 1 fully saturated rings. The third-order valence-corrected chi connectivity index (χ3v) is 4.46. The van der Waals surface area contributed by atoms with Crippen LogP contribution in [0.3, 0.4) is 0 Å². The molecule has 0 radical (unpaired) electrons. The predicted octanol–water partition coefficient (Wildman–Crippen LogP) is 3.97. The van der Waals surface area contributed by atoms with Crippen molar-refractivity contribution in [2.45, 2.75) is 19.8 Å². The number of aromatic nitrogens is 4. The number of nitrogens with zero attached hydrogens (tertiary/aromatic N) is 5. The Hall–Kier alpha value is -2.60. The quantitative estimate of drug-likeness (QED) is 0.718. The van der Waals surface area contributed by atoms with Crippen molar-refractivity contribution in [2.75, 3.05) is 23.3 Å². The molecule has 0 bridgehead atoms. The second-order valence-corrected chi connectivity index (χ2v) is 6.61. The first-order valence-electron chi connectivity index (χ1n) is 8.35. The monoisotopic (exact) mass is 354 g/mol. The minimum absolute atomic E-state index is 0.427. The van der Waals surface area contributed by atoms with E-state index in [4.69, 9.17) is 11.6 Å². The Bertz CT molecular complexity index is 885. The van der Waals surface area contributed by atoms with Gasteiger partial charge in [-0.05, 0) is 49.6 Å². The molecule has 3 heterocycles. The minimum atomic E-state index is 0.427. The van der Waals surface area contributed by atoms with E-state index in [1.54, 1.807) is 23.3 Å². The van der Waals surface area contributed by atoms with E-state index in [9.17, 15) is 0 Å². The summed E-state index contributed by atoms with van der Waals surface area (Å²) < 4.78 is 1.67. The van der Waals surface area contributed by atoms with Crippen molar-refractivity contribution in [3.05, 3.63) is 53.6 Å². The molecule has 1 saturated heterocycles. The number of benzene rings is 1. The van der Waals surface area contributed by atoms with E-state index in [-0.39, 0.29) is 0 Å². The second kappa shape index (κ2) is 6.72. The number of anilines is 3. The van der Waals surface area contributed by atoms with Crippen LogP contribution in [-0.2, 0) is 0 Å². The molecule has 0 unspecified atom stereocenters.